The van der Waals surface area contributed by atoms with E-state index in [1.807, 2.05) is 6.92 Å². The molecule has 0 spiro atoms. The van der Waals surface area contributed by atoms with Crippen molar-refractivity contribution in [2.75, 3.05) is 7.05 Å². The number of allylic oxidation sites excluding steroid dienone is 1. The molecular weight excluding hydrogens is 202 g/mol. The third kappa shape index (κ3) is 3.27. The van der Waals surface area contributed by atoms with Gasteiger partial charge in [-0.1, -0.05) is 13.5 Å². The Labute approximate surface area is 95.4 Å². The molecule has 0 aliphatic rings. The minimum Gasteiger partial charge on any atom is -0.375 e. The molecule has 3 N–H and O–H groups in total. The molecule has 0 amide bonds. The van der Waals surface area contributed by atoms with Gasteiger partial charge in [-0.15, -0.1) is 0 Å². The molecule has 0 aliphatic heterocycles. The second-order valence-corrected chi connectivity index (χ2v) is 3.23. The molecule has 16 heavy (non-hydrogen) atoms. The van der Waals surface area contributed by atoms with E-state index in [2.05, 4.69) is 22.2 Å². The number of imidazole rings is 1. The Balaban J connectivity index is 2.67. The van der Waals surface area contributed by atoms with Crippen LogP contribution in [0.15, 0.2) is 37.2 Å². The number of hydrogen-bond donors (Lipinski definition) is 3. The van der Waals surface area contributed by atoms with Gasteiger partial charge in [0.1, 0.15) is 18.0 Å². The maximum atomic E-state index is 7.58. The summed E-state index contributed by atoms with van der Waals surface area (Å²) in [6.07, 6.45) is 7.58. The van der Waals surface area contributed by atoms with Crippen LogP contribution in [0.25, 0.3) is 5.82 Å². The summed E-state index contributed by atoms with van der Waals surface area (Å²) in [7, 11) is 1.79. The summed E-state index contributed by atoms with van der Waals surface area (Å²) < 4.78 is 1.76. The van der Waals surface area contributed by atoms with Gasteiger partial charge in [0.15, 0.2) is 0 Å². The van der Waals surface area contributed by atoms with E-state index in [4.69, 9.17) is 5.41 Å². The van der Waals surface area contributed by atoms with Gasteiger partial charge in [-0.3, -0.25) is 4.57 Å². The fraction of sp³-hybridized carbons (Fsp3) is 0.273. The maximum absolute atomic E-state index is 7.58. The lowest BCUT2D eigenvalue weighted by Gasteiger charge is -2.13. The molecule has 0 unspecified atom stereocenters. The SMILES string of the molecule is C=C(N/C(=C/C(=N)CC)NC)n1ccnc1. The number of hydrogen-bond acceptors (Lipinski definition) is 4. The van der Waals surface area contributed by atoms with Crippen molar-refractivity contribution < 1.29 is 0 Å². The summed E-state index contributed by atoms with van der Waals surface area (Å²) >= 11 is 0. The van der Waals surface area contributed by atoms with Crippen LogP contribution < -0.4 is 10.6 Å². The smallest absolute Gasteiger partial charge is 0.109 e. The van der Waals surface area contributed by atoms with Gasteiger partial charge in [0, 0.05) is 25.2 Å². The van der Waals surface area contributed by atoms with Crippen molar-refractivity contribution in [3.63, 3.8) is 0 Å². The molecule has 0 saturated heterocycles. The van der Waals surface area contributed by atoms with E-state index in [0.717, 1.165) is 5.82 Å². The van der Waals surface area contributed by atoms with Gasteiger partial charge in [0.25, 0.3) is 0 Å². The minimum absolute atomic E-state index is 0.551. The topological polar surface area (TPSA) is 65.7 Å². The lowest BCUT2D eigenvalue weighted by molar-refractivity contribution is 0.843. The van der Waals surface area contributed by atoms with Crippen LogP contribution in [0.2, 0.25) is 0 Å². The standard InChI is InChI=1S/C11H17N5/c1-4-10(12)7-11(13-3)15-9(2)16-6-5-14-8-16/h5-8,12-13,15H,2,4H2,1,3H3/b11-7+,12-10?. The Morgan fingerprint density at radius 3 is 2.88 bits per heavy atom. The van der Waals surface area contributed by atoms with Gasteiger partial charge >= 0.3 is 0 Å². The molecule has 1 rings (SSSR count). The molecule has 0 saturated carbocycles. The van der Waals surface area contributed by atoms with Gasteiger partial charge in [-0.25, -0.2) is 4.98 Å². The Kier molecular flexibility index (Phi) is 4.32. The third-order valence-corrected chi connectivity index (χ3v) is 2.06. The monoisotopic (exact) mass is 219 g/mol. The van der Waals surface area contributed by atoms with Gasteiger partial charge < -0.3 is 16.0 Å². The number of nitrogens with zero attached hydrogens (tertiary/aromatic N) is 2. The van der Waals surface area contributed by atoms with Crippen LogP contribution >= 0.6 is 0 Å². The van der Waals surface area contributed by atoms with Gasteiger partial charge in [-0.05, 0) is 12.5 Å². The number of rotatable bonds is 6. The zero-order chi connectivity index (χ0) is 12.0. The quantitative estimate of drug-likeness (QED) is 0.633. The zero-order valence-corrected chi connectivity index (χ0v) is 9.62. The molecule has 1 aromatic rings. The van der Waals surface area contributed by atoms with Crippen LogP contribution in [0.3, 0.4) is 0 Å². The molecule has 0 fully saturated rings. The Bertz CT molecular complexity index is 389. The van der Waals surface area contributed by atoms with E-state index >= 15 is 0 Å². The van der Waals surface area contributed by atoms with Gasteiger partial charge in [0.2, 0.25) is 0 Å². The Morgan fingerprint density at radius 2 is 2.38 bits per heavy atom. The lowest BCUT2D eigenvalue weighted by atomic mass is 10.3. The molecule has 0 aromatic carbocycles. The highest BCUT2D eigenvalue weighted by atomic mass is 15.2. The van der Waals surface area contributed by atoms with Crippen molar-refractivity contribution in [3.05, 3.63) is 37.2 Å². The molecule has 0 aliphatic carbocycles. The summed E-state index contributed by atoms with van der Waals surface area (Å²) in [5, 5.41) is 13.6. The fourth-order valence-electron chi connectivity index (χ4n) is 1.09. The molecule has 1 heterocycles. The molecule has 5 nitrogen and oxygen atoms in total. The molecule has 0 radical (unpaired) electrons. The van der Waals surface area contributed by atoms with Crippen molar-refractivity contribution in [2.24, 2.45) is 0 Å². The van der Waals surface area contributed by atoms with E-state index in [9.17, 15) is 0 Å². The summed E-state index contributed by atoms with van der Waals surface area (Å²) in [5.74, 6) is 1.42. The fourth-order valence-corrected chi connectivity index (χ4v) is 1.09. The van der Waals surface area contributed by atoms with Crippen LogP contribution in [-0.4, -0.2) is 22.3 Å². The zero-order valence-electron chi connectivity index (χ0n) is 9.62. The van der Waals surface area contributed by atoms with Crippen molar-refractivity contribution in [3.8, 4) is 0 Å². The van der Waals surface area contributed by atoms with Crippen molar-refractivity contribution in [1.82, 2.24) is 20.2 Å². The van der Waals surface area contributed by atoms with Crippen LogP contribution in [0, 0.1) is 5.41 Å². The van der Waals surface area contributed by atoms with E-state index in [0.29, 0.717) is 18.0 Å². The first-order chi connectivity index (χ1) is 7.67. The van der Waals surface area contributed by atoms with Gasteiger partial charge in [0.05, 0.1) is 0 Å². The average molecular weight is 219 g/mol. The lowest BCUT2D eigenvalue weighted by Crippen LogP contribution is -2.24. The Morgan fingerprint density at radius 1 is 1.62 bits per heavy atom. The second kappa shape index (κ2) is 5.75. The maximum Gasteiger partial charge on any atom is 0.109 e. The van der Waals surface area contributed by atoms with Gasteiger partial charge in [-0.2, -0.15) is 0 Å². The average Bonchev–Trinajstić information content (AvgIpc) is 2.81. The van der Waals surface area contributed by atoms with E-state index < -0.39 is 0 Å². The van der Waals surface area contributed by atoms with E-state index in [-0.39, 0.29) is 0 Å². The second-order valence-electron chi connectivity index (χ2n) is 3.23. The van der Waals surface area contributed by atoms with Crippen LogP contribution in [0.1, 0.15) is 13.3 Å². The van der Waals surface area contributed by atoms with Crippen molar-refractivity contribution in [2.45, 2.75) is 13.3 Å². The first kappa shape index (κ1) is 12.0. The number of aromatic nitrogens is 2. The van der Waals surface area contributed by atoms with Crippen molar-refractivity contribution >= 4 is 11.5 Å². The van der Waals surface area contributed by atoms with E-state index in [1.54, 1.807) is 36.4 Å². The highest BCUT2D eigenvalue weighted by Crippen LogP contribution is 1.99. The normalized spacial score (nSPS) is 11.0. The molecule has 5 heteroatoms. The van der Waals surface area contributed by atoms with Crippen LogP contribution in [-0.2, 0) is 0 Å². The first-order valence-electron chi connectivity index (χ1n) is 5.08. The summed E-state index contributed by atoms with van der Waals surface area (Å²) in [5.41, 5.74) is 0.551. The third-order valence-electron chi connectivity index (χ3n) is 2.06. The minimum atomic E-state index is 0.551. The first-order valence-corrected chi connectivity index (χ1v) is 5.08. The highest BCUT2D eigenvalue weighted by Gasteiger charge is 1.99. The predicted molar refractivity (Wildman–Crippen MR) is 65.9 cm³/mol. The predicted octanol–water partition coefficient (Wildman–Crippen LogP) is 1.39. The Hall–Kier alpha value is -2.04. The van der Waals surface area contributed by atoms with Crippen LogP contribution in [0.4, 0.5) is 0 Å². The summed E-state index contributed by atoms with van der Waals surface area (Å²) in [4.78, 5) is 3.93. The molecule has 0 atom stereocenters. The van der Waals surface area contributed by atoms with Crippen LogP contribution in [0.5, 0.6) is 0 Å². The summed E-state index contributed by atoms with van der Waals surface area (Å²) in [6, 6.07) is 0. The van der Waals surface area contributed by atoms with Crippen molar-refractivity contribution in [1.29, 1.82) is 5.41 Å². The molecule has 1 aromatic heterocycles. The summed E-state index contributed by atoms with van der Waals surface area (Å²) in [6.45, 7) is 5.82. The number of nitrogens with one attached hydrogen (secondary N) is 3. The largest absolute Gasteiger partial charge is 0.375 e. The highest BCUT2D eigenvalue weighted by molar-refractivity contribution is 5.92. The molecule has 0 bridgehead atoms. The van der Waals surface area contributed by atoms with E-state index in [1.165, 1.54) is 0 Å². The molecular formula is C11H17N5. The molecule has 86 valence electrons.